The molecule has 3 aromatic rings. The summed E-state index contributed by atoms with van der Waals surface area (Å²) in [7, 11) is 2.55. The number of nitrogens with one attached hydrogen (secondary N) is 2. The summed E-state index contributed by atoms with van der Waals surface area (Å²) >= 11 is 6.24. The Morgan fingerprint density at radius 2 is 1.70 bits per heavy atom. The molecule has 2 N–H and O–H groups in total. The molecule has 0 aliphatic rings. The van der Waals surface area contributed by atoms with Gasteiger partial charge >= 0.3 is 12.1 Å². The van der Waals surface area contributed by atoms with E-state index in [0.29, 0.717) is 5.69 Å². The first-order valence-corrected chi connectivity index (χ1v) is 13.4. The monoisotopic (exact) mass is 624 g/mol. The lowest BCUT2D eigenvalue weighted by molar-refractivity contribution is -0.153. The van der Waals surface area contributed by atoms with Crippen LogP contribution in [-0.2, 0) is 14.3 Å². The van der Waals surface area contributed by atoms with Crippen LogP contribution in [-0.4, -0.2) is 56.1 Å². The van der Waals surface area contributed by atoms with Gasteiger partial charge in [0.05, 0.1) is 31.3 Å². The summed E-state index contributed by atoms with van der Waals surface area (Å²) < 4.78 is 60.4. The van der Waals surface area contributed by atoms with Crippen LogP contribution in [0.3, 0.4) is 0 Å². The van der Waals surface area contributed by atoms with Gasteiger partial charge in [0.15, 0.2) is 6.61 Å². The molecule has 232 valence electrons. The predicted octanol–water partition coefficient (Wildman–Crippen LogP) is 6.36. The highest BCUT2D eigenvalue weighted by Crippen LogP contribution is 2.42. The second-order valence-electron chi connectivity index (χ2n) is 10.4. The molecule has 0 spiro atoms. The van der Waals surface area contributed by atoms with E-state index in [9.17, 15) is 27.6 Å². The number of methoxy groups -OCH3 is 2. The molecule has 1 aromatic heterocycles. The molecule has 0 aliphatic carbocycles. The highest BCUT2D eigenvalue weighted by molar-refractivity contribution is 6.31. The van der Waals surface area contributed by atoms with Gasteiger partial charge in [-0.2, -0.15) is 13.2 Å². The molecule has 43 heavy (non-hydrogen) atoms. The maximum absolute atomic E-state index is 13.8. The third-order valence-corrected chi connectivity index (χ3v) is 6.33. The lowest BCUT2D eigenvalue weighted by Crippen LogP contribution is -2.30. The van der Waals surface area contributed by atoms with Gasteiger partial charge < -0.3 is 29.2 Å². The third kappa shape index (κ3) is 9.23. The van der Waals surface area contributed by atoms with Crippen molar-refractivity contribution >= 4 is 29.2 Å². The van der Waals surface area contributed by atoms with Crippen molar-refractivity contribution in [3.63, 3.8) is 0 Å². The Kier molecular flexibility index (Phi) is 10.9. The van der Waals surface area contributed by atoms with Crippen LogP contribution in [0.25, 0.3) is 11.1 Å². The Morgan fingerprint density at radius 1 is 1.02 bits per heavy atom. The van der Waals surface area contributed by atoms with Crippen LogP contribution in [0.2, 0.25) is 5.02 Å². The van der Waals surface area contributed by atoms with Gasteiger partial charge in [-0.15, -0.1) is 0 Å². The van der Waals surface area contributed by atoms with E-state index in [1.54, 1.807) is 0 Å². The number of esters is 1. The summed E-state index contributed by atoms with van der Waals surface area (Å²) in [5.74, 6) is -2.54. The molecule has 1 amide bonds. The smallest absolute Gasteiger partial charge is 0.422 e. The Hall–Kier alpha value is -4.03. The number of carbonyl (C=O) groups is 2. The molecule has 0 bridgehead atoms. The molecular weight excluding hydrogens is 593 g/mol. The van der Waals surface area contributed by atoms with Gasteiger partial charge in [-0.25, -0.2) is 4.79 Å². The van der Waals surface area contributed by atoms with E-state index in [4.69, 9.17) is 30.5 Å². The first-order valence-electron chi connectivity index (χ1n) is 13.1. The standard InChI is InChI=1S/C30H32ClF3N2O7/c1-29(2,3)43-13-12-20(26(37)36-19-9-6-17(7-10-19)28(39)41-5)25-24(23(40-4)15-35-27(25)38)21-14-18(31)8-11-22(21)42-16-30(32,33)34/h6-11,14-15,20H,12-13,16H2,1-5H3,(H,35,38)(H,36,37). The topological polar surface area (TPSA) is 116 Å². The predicted molar refractivity (Wildman–Crippen MR) is 155 cm³/mol. The number of hydrogen-bond acceptors (Lipinski definition) is 7. The van der Waals surface area contributed by atoms with E-state index in [1.807, 2.05) is 20.8 Å². The fraction of sp³-hybridized carbons (Fsp3) is 0.367. The maximum atomic E-state index is 13.8. The molecule has 0 fully saturated rings. The minimum atomic E-state index is -4.64. The van der Waals surface area contributed by atoms with Gasteiger partial charge in [-0.3, -0.25) is 9.59 Å². The van der Waals surface area contributed by atoms with E-state index < -0.39 is 41.7 Å². The summed E-state index contributed by atoms with van der Waals surface area (Å²) in [5.41, 5.74) is -0.727. The minimum absolute atomic E-state index is 0.00586. The van der Waals surface area contributed by atoms with E-state index in [-0.39, 0.29) is 51.8 Å². The number of rotatable bonds is 11. The zero-order chi connectivity index (χ0) is 31.9. The van der Waals surface area contributed by atoms with Crippen LogP contribution >= 0.6 is 11.6 Å². The second-order valence-corrected chi connectivity index (χ2v) is 10.8. The molecule has 0 saturated carbocycles. The van der Waals surface area contributed by atoms with E-state index >= 15 is 0 Å². The van der Waals surface area contributed by atoms with Crippen LogP contribution in [0.1, 0.15) is 49.0 Å². The van der Waals surface area contributed by atoms with Crippen LogP contribution in [0.4, 0.5) is 18.9 Å². The number of halogens is 4. The van der Waals surface area contributed by atoms with Gasteiger partial charge in [0, 0.05) is 40.2 Å². The Bertz CT molecular complexity index is 1500. The van der Waals surface area contributed by atoms with Crippen molar-refractivity contribution in [2.45, 2.75) is 44.9 Å². The average Bonchev–Trinajstić information content (AvgIpc) is 2.93. The van der Waals surface area contributed by atoms with Crippen molar-refractivity contribution in [3.8, 4) is 22.6 Å². The fourth-order valence-corrected chi connectivity index (χ4v) is 4.38. The number of benzene rings is 2. The van der Waals surface area contributed by atoms with Gasteiger partial charge in [0.1, 0.15) is 11.5 Å². The molecule has 2 aromatic carbocycles. The Balaban J connectivity index is 2.17. The van der Waals surface area contributed by atoms with Crippen LogP contribution in [0, 0.1) is 0 Å². The van der Waals surface area contributed by atoms with Crippen LogP contribution in [0.5, 0.6) is 11.5 Å². The number of H-pyrrole nitrogens is 1. The number of pyridine rings is 1. The van der Waals surface area contributed by atoms with Crippen LogP contribution in [0.15, 0.2) is 53.5 Å². The summed E-state index contributed by atoms with van der Waals surface area (Å²) in [6, 6.07) is 9.82. The quantitative estimate of drug-likeness (QED) is 0.239. The van der Waals surface area contributed by atoms with E-state index in [2.05, 4.69) is 10.3 Å². The lowest BCUT2D eigenvalue weighted by atomic mass is 9.88. The molecule has 0 saturated heterocycles. The molecular formula is C30H32ClF3N2O7. The van der Waals surface area contributed by atoms with Gasteiger partial charge in [0.2, 0.25) is 5.91 Å². The van der Waals surface area contributed by atoms with E-state index in [1.165, 1.54) is 62.9 Å². The zero-order valence-corrected chi connectivity index (χ0v) is 24.9. The average molecular weight is 625 g/mol. The van der Waals surface area contributed by atoms with Crippen molar-refractivity contribution in [3.05, 3.63) is 75.2 Å². The van der Waals surface area contributed by atoms with Crippen molar-refractivity contribution in [1.29, 1.82) is 0 Å². The number of anilines is 1. The lowest BCUT2D eigenvalue weighted by Gasteiger charge is -2.25. The number of carbonyl (C=O) groups excluding carboxylic acids is 2. The van der Waals surface area contributed by atoms with Crippen LogP contribution < -0.4 is 20.3 Å². The number of aromatic amines is 1. The zero-order valence-electron chi connectivity index (χ0n) is 24.2. The summed E-state index contributed by atoms with van der Waals surface area (Å²) in [4.78, 5) is 41.7. The first-order chi connectivity index (χ1) is 20.1. The highest BCUT2D eigenvalue weighted by Gasteiger charge is 2.33. The van der Waals surface area contributed by atoms with Crippen molar-refractivity contribution in [2.75, 3.05) is 32.8 Å². The molecule has 0 aliphatic heterocycles. The molecule has 3 rings (SSSR count). The normalized spacial score (nSPS) is 12.4. The van der Waals surface area contributed by atoms with Gasteiger partial charge in [0.25, 0.3) is 5.56 Å². The number of alkyl halides is 3. The third-order valence-electron chi connectivity index (χ3n) is 6.10. The largest absolute Gasteiger partial charge is 0.495 e. The summed E-state index contributed by atoms with van der Waals surface area (Å²) in [5, 5.41) is 2.88. The number of hydrogen-bond donors (Lipinski definition) is 2. The number of amides is 1. The van der Waals surface area contributed by atoms with Gasteiger partial charge in [-0.1, -0.05) is 11.6 Å². The molecule has 9 nitrogen and oxygen atoms in total. The first kappa shape index (κ1) is 33.5. The number of ether oxygens (including phenoxy) is 4. The Labute approximate surface area is 251 Å². The maximum Gasteiger partial charge on any atom is 0.422 e. The van der Waals surface area contributed by atoms with E-state index in [0.717, 1.165) is 0 Å². The fourth-order valence-electron chi connectivity index (χ4n) is 4.21. The minimum Gasteiger partial charge on any atom is -0.495 e. The Morgan fingerprint density at radius 3 is 2.28 bits per heavy atom. The molecule has 0 radical (unpaired) electrons. The SMILES string of the molecule is COC(=O)c1ccc(NC(=O)C(CCOC(C)(C)C)c2c(-c3cc(Cl)ccc3OCC(F)(F)F)c(OC)c[nH]c2=O)cc1. The van der Waals surface area contributed by atoms with Gasteiger partial charge in [-0.05, 0) is 69.7 Å². The van der Waals surface area contributed by atoms with Crippen molar-refractivity contribution in [2.24, 2.45) is 0 Å². The summed E-state index contributed by atoms with van der Waals surface area (Å²) in [6.45, 7) is 3.92. The molecule has 1 heterocycles. The van der Waals surface area contributed by atoms with Crippen molar-refractivity contribution in [1.82, 2.24) is 4.98 Å². The second kappa shape index (κ2) is 14.0. The molecule has 13 heteroatoms. The molecule has 1 unspecified atom stereocenters. The summed E-state index contributed by atoms with van der Waals surface area (Å²) in [6.07, 6.45) is -3.40. The highest BCUT2D eigenvalue weighted by atomic mass is 35.5. The van der Waals surface area contributed by atoms with Crippen molar-refractivity contribution < 1.29 is 41.7 Å². The molecule has 1 atom stereocenters. The number of aromatic nitrogens is 1.